The Labute approximate surface area is 105 Å². The maximum atomic E-state index is 10.8. The third kappa shape index (κ3) is 2.77. The zero-order valence-corrected chi connectivity index (χ0v) is 10.0. The van der Waals surface area contributed by atoms with E-state index in [2.05, 4.69) is 4.90 Å². The van der Waals surface area contributed by atoms with Gasteiger partial charge in [-0.3, -0.25) is 10.1 Å². The van der Waals surface area contributed by atoms with Gasteiger partial charge in [-0.15, -0.1) is 0 Å². The van der Waals surface area contributed by atoms with Gasteiger partial charge in [-0.2, -0.15) is 0 Å². The Morgan fingerprint density at radius 2 is 2.11 bits per heavy atom. The van der Waals surface area contributed by atoms with Crippen molar-refractivity contribution in [1.29, 1.82) is 0 Å². The first-order valence-electron chi connectivity index (χ1n) is 5.93. The molecule has 0 aliphatic carbocycles. The van der Waals surface area contributed by atoms with Gasteiger partial charge in [0.05, 0.1) is 18.1 Å². The van der Waals surface area contributed by atoms with Crippen molar-refractivity contribution < 1.29 is 14.8 Å². The zero-order chi connectivity index (χ0) is 13.0. The highest BCUT2D eigenvalue weighted by atomic mass is 16.6. The predicted molar refractivity (Wildman–Crippen MR) is 66.9 cm³/mol. The van der Waals surface area contributed by atoms with Crippen LogP contribution in [0.15, 0.2) is 18.2 Å². The largest absolute Gasteiger partial charge is 0.396 e. The summed E-state index contributed by atoms with van der Waals surface area (Å²) in [5.41, 5.74) is 1.84. The van der Waals surface area contributed by atoms with E-state index in [1.54, 1.807) is 12.1 Å². The van der Waals surface area contributed by atoms with Crippen molar-refractivity contribution in [3.8, 4) is 0 Å². The lowest BCUT2D eigenvalue weighted by Gasteiger charge is -2.30. The molecule has 1 N–H and O–H groups in total. The molecule has 0 unspecified atom stereocenters. The summed E-state index contributed by atoms with van der Waals surface area (Å²) in [7, 11) is 0. The van der Waals surface area contributed by atoms with Crippen LogP contribution in [0.25, 0.3) is 0 Å². The summed E-state index contributed by atoms with van der Waals surface area (Å²) in [5, 5.41) is 19.8. The third-order valence-electron chi connectivity index (χ3n) is 3.01. The SMILES string of the molecule is O=[N+]([O-])c1ccc(N2CCOCC2)c(CCO)c1. The predicted octanol–water partition coefficient (Wildman–Crippen LogP) is 0.966. The Balaban J connectivity index is 2.29. The van der Waals surface area contributed by atoms with Crippen LogP contribution in [0.5, 0.6) is 0 Å². The number of non-ortho nitro benzene ring substituents is 1. The molecule has 6 heteroatoms. The summed E-state index contributed by atoms with van der Waals surface area (Å²) in [6.45, 7) is 2.86. The van der Waals surface area contributed by atoms with E-state index >= 15 is 0 Å². The molecule has 1 heterocycles. The van der Waals surface area contributed by atoms with Crippen LogP contribution in [0, 0.1) is 10.1 Å². The molecule has 2 rings (SSSR count). The van der Waals surface area contributed by atoms with Gasteiger partial charge in [0.25, 0.3) is 5.69 Å². The Morgan fingerprint density at radius 1 is 1.39 bits per heavy atom. The van der Waals surface area contributed by atoms with E-state index in [-0.39, 0.29) is 12.3 Å². The summed E-state index contributed by atoms with van der Waals surface area (Å²) in [6.07, 6.45) is 0.425. The van der Waals surface area contributed by atoms with Crippen molar-refractivity contribution in [2.45, 2.75) is 6.42 Å². The lowest BCUT2D eigenvalue weighted by Crippen LogP contribution is -2.36. The van der Waals surface area contributed by atoms with Crippen LogP contribution in [-0.2, 0) is 11.2 Å². The molecule has 1 aliphatic heterocycles. The molecule has 98 valence electrons. The molecule has 18 heavy (non-hydrogen) atoms. The van der Waals surface area contributed by atoms with E-state index in [0.29, 0.717) is 19.6 Å². The Bertz CT molecular complexity index is 430. The Kier molecular flexibility index (Phi) is 4.11. The van der Waals surface area contributed by atoms with Gasteiger partial charge in [0.2, 0.25) is 0 Å². The van der Waals surface area contributed by atoms with E-state index < -0.39 is 4.92 Å². The molecular weight excluding hydrogens is 236 g/mol. The van der Waals surface area contributed by atoms with E-state index in [1.807, 2.05) is 0 Å². The average Bonchev–Trinajstić information content (AvgIpc) is 2.40. The van der Waals surface area contributed by atoms with Gasteiger partial charge in [0, 0.05) is 37.5 Å². The molecule has 0 aromatic heterocycles. The van der Waals surface area contributed by atoms with Gasteiger partial charge in [-0.05, 0) is 18.1 Å². The van der Waals surface area contributed by atoms with Crippen LogP contribution < -0.4 is 4.90 Å². The molecule has 0 atom stereocenters. The van der Waals surface area contributed by atoms with Crippen molar-refractivity contribution in [3.63, 3.8) is 0 Å². The fourth-order valence-corrected chi connectivity index (χ4v) is 2.12. The second-order valence-corrected chi connectivity index (χ2v) is 4.14. The number of ether oxygens (including phenoxy) is 1. The molecule has 1 aromatic rings. The maximum Gasteiger partial charge on any atom is 0.269 e. The molecule has 0 amide bonds. The Morgan fingerprint density at radius 3 is 2.72 bits per heavy atom. The fourth-order valence-electron chi connectivity index (χ4n) is 2.12. The van der Waals surface area contributed by atoms with Crippen molar-refractivity contribution >= 4 is 11.4 Å². The van der Waals surface area contributed by atoms with Gasteiger partial charge in [-0.1, -0.05) is 0 Å². The van der Waals surface area contributed by atoms with E-state index in [1.165, 1.54) is 6.07 Å². The van der Waals surface area contributed by atoms with Crippen LogP contribution in [0.3, 0.4) is 0 Å². The minimum Gasteiger partial charge on any atom is -0.396 e. The van der Waals surface area contributed by atoms with Crippen molar-refractivity contribution in [3.05, 3.63) is 33.9 Å². The van der Waals surface area contributed by atoms with Gasteiger partial charge >= 0.3 is 0 Å². The van der Waals surface area contributed by atoms with E-state index in [9.17, 15) is 10.1 Å². The normalized spacial score (nSPS) is 15.7. The quantitative estimate of drug-likeness (QED) is 0.638. The maximum absolute atomic E-state index is 10.8. The number of morpholine rings is 1. The van der Waals surface area contributed by atoms with Gasteiger partial charge < -0.3 is 14.7 Å². The second kappa shape index (κ2) is 5.79. The number of nitro groups is 1. The van der Waals surface area contributed by atoms with E-state index in [0.717, 1.165) is 24.3 Å². The molecular formula is C12H16N2O4. The zero-order valence-electron chi connectivity index (χ0n) is 10.0. The molecule has 0 saturated carbocycles. The summed E-state index contributed by atoms with van der Waals surface area (Å²) in [6, 6.07) is 4.81. The topological polar surface area (TPSA) is 75.8 Å². The minimum absolute atomic E-state index is 0.0154. The number of nitrogens with zero attached hydrogens (tertiary/aromatic N) is 2. The molecule has 0 radical (unpaired) electrons. The van der Waals surface area contributed by atoms with Crippen LogP contribution >= 0.6 is 0 Å². The van der Waals surface area contributed by atoms with Crippen molar-refractivity contribution in [2.75, 3.05) is 37.8 Å². The minimum atomic E-state index is -0.413. The third-order valence-corrected chi connectivity index (χ3v) is 3.01. The molecule has 1 aliphatic rings. The highest BCUT2D eigenvalue weighted by molar-refractivity contribution is 5.58. The Hall–Kier alpha value is -1.66. The summed E-state index contributed by atoms with van der Waals surface area (Å²) in [4.78, 5) is 12.5. The lowest BCUT2D eigenvalue weighted by molar-refractivity contribution is -0.384. The first-order valence-corrected chi connectivity index (χ1v) is 5.93. The van der Waals surface area contributed by atoms with Crippen molar-refractivity contribution in [1.82, 2.24) is 0 Å². The van der Waals surface area contributed by atoms with Crippen LogP contribution in [0.4, 0.5) is 11.4 Å². The van der Waals surface area contributed by atoms with Crippen LogP contribution in [0.1, 0.15) is 5.56 Å². The number of hydrogen-bond donors (Lipinski definition) is 1. The summed E-state index contributed by atoms with van der Waals surface area (Å²) >= 11 is 0. The standard InChI is InChI=1S/C12H16N2O4/c15-6-3-10-9-11(14(16)17)1-2-12(10)13-4-7-18-8-5-13/h1-2,9,15H,3-8H2. The number of hydrogen-bond acceptors (Lipinski definition) is 5. The summed E-state index contributed by atoms with van der Waals surface area (Å²) < 4.78 is 5.28. The first-order chi connectivity index (χ1) is 8.72. The van der Waals surface area contributed by atoms with Gasteiger partial charge in [0.1, 0.15) is 0 Å². The second-order valence-electron chi connectivity index (χ2n) is 4.14. The number of aliphatic hydroxyl groups is 1. The highest BCUT2D eigenvalue weighted by Crippen LogP contribution is 2.26. The van der Waals surface area contributed by atoms with Gasteiger partial charge in [0.15, 0.2) is 0 Å². The number of nitro benzene ring substituents is 1. The summed E-state index contributed by atoms with van der Waals surface area (Å²) in [5.74, 6) is 0. The lowest BCUT2D eigenvalue weighted by atomic mass is 10.1. The number of rotatable bonds is 4. The number of aliphatic hydroxyl groups excluding tert-OH is 1. The fraction of sp³-hybridized carbons (Fsp3) is 0.500. The van der Waals surface area contributed by atoms with Crippen molar-refractivity contribution in [2.24, 2.45) is 0 Å². The molecule has 6 nitrogen and oxygen atoms in total. The van der Waals surface area contributed by atoms with Gasteiger partial charge in [-0.25, -0.2) is 0 Å². The molecule has 1 saturated heterocycles. The molecule has 1 aromatic carbocycles. The first kappa shape index (κ1) is 12.8. The number of anilines is 1. The van der Waals surface area contributed by atoms with Crippen LogP contribution in [0.2, 0.25) is 0 Å². The smallest absolute Gasteiger partial charge is 0.269 e. The highest BCUT2D eigenvalue weighted by Gasteiger charge is 2.17. The molecule has 1 fully saturated rings. The average molecular weight is 252 g/mol. The molecule has 0 bridgehead atoms. The monoisotopic (exact) mass is 252 g/mol. The van der Waals surface area contributed by atoms with E-state index in [4.69, 9.17) is 9.84 Å². The number of benzene rings is 1. The van der Waals surface area contributed by atoms with Crippen LogP contribution in [-0.4, -0.2) is 42.9 Å². The molecule has 0 spiro atoms.